The SMILES string of the molecule is NC1CCC(NC(=O)[C@H]2CC(N(Cc3ccc(F)cc3)Cc3cccs3)CCN2C(=O)c2ccc(F)cc2)CC1. The zero-order valence-corrected chi connectivity index (χ0v) is 23.3. The normalized spacial score (nSPS) is 23.2. The maximum atomic E-state index is 13.8. The predicted octanol–water partition coefficient (Wildman–Crippen LogP) is 5.09. The van der Waals surface area contributed by atoms with Crippen molar-refractivity contribution in [3.63, 3.8) is 0 Å². The Balaban J connectivity index is 1.38. The maximum Gasteiger partial charge on any atom is 0.254 e. The van der Waals surface area contributed by atoms with Gasteiger partial charge in [-0.2, -0.15) is 0 Å². The van der Waals surface area contributed by atoms with E-state index >= 15 is 0 Å². The highest BCUT2D eigenvalue weighted by Crippen LogP contribution is 2.28. The van der Waals surface area contributed by atoms with Crippen molar-refractivity contribution in [1.82, 2.24) is 15.1 Å². The van der Waals surface area contributed by atoms with Crippen LogP contribution in [-0.4, -0.2) is 52.3 Å². The van der Waals surface area contributed by atoms with Gasteiger partial charge in [0.05, 0.1) is 0 Å². The Hall–Kier alpha value is -3.14. The summed E-state index contributed by atoms with van der Waals surface area (Å²) < 4.78 is 27.2. The van der Waals surface area contributed by atoms with Crippen LogP contribution in [0.1, 0.15) is 59.3 Å². The molecule has 9 heteroatoms. The maximum absolute atomic E-state index is 13.8. The number of benzene rings is 2. The number of amides is 2. The second-order valence-electron chi connectivity index (χ2n) is 10.9. The standard InChI is InChI=1S/C31H36F2N4O2S/c32-23-7-3-21(4-8-23)19-36(20-28-2-1-17-40-28)27-15-16-37(31(39)22-5-9-24(33)10-6-22)29(18-27)30(38)35-26-13-11-25(34)12-14-26/h1-10,17,25-27,29H,11-16,18-20,34H2,(H,35,38)/t25?,26?,27?,29-/m1/s1. The number of hydrogen-bond acceptors (Lipinski definition) is 5. The van der Waals surface area contributed by atoms with Crippen molar-refractivity contribution < 1.29 is 18.4 Å². The van der Waals surface area contributed by atoms with Crippen molar-refractivity contribution in [3.8, 4) is 0 Å². The van der Waals surface area contributed by atoms with Crippen molar-refractivity contribution in [1.29, 1.82) is 0 Å². The van der Waals surface area contributed by atoms with Gasteiger partial charge in [0.1, 0.15) is 17.7 Å². The number of nitrogens with two attached hydrogens (primary N) is 1. The molecule has 5 rings (SSSR count). The Labute approximate surface area is 238 Å². The summed E-state index contributed by atoms with van der Waals surface area (Å²) in [5, 5.41) is 5.25. The Bertz CT molecular complexity index is 1260. The minimum atomic E-state index is -0.661. The monoisotopic (exact) mass is 566 g/mol. The first-order valence-corrected chi connectivity index (χ1v) is 14.9. The predicted molar refractivity (Wildman–Crippen MR) is 153 cm³/mol. The molecule has 6 nitrogen and oxygen atoms in total. The lowest BCUT2D eigenvalue weighted by atomic mass is 9.90. The summed E-state index contributed by atoms with van der Waals surface area (Å²) in [6.45, 7) is 1.70. The highest BCUT2D eigenvalue weighted by Gasteiger charge is 2.39. The Morgan fingerprint density at radius 1 is 0.925 bits per heavy atom. The molecule has 2 heterocycles. The molecule has 3 N–H and O–H groups in total. The highest BCUT2D eigenvalue weighted by atomic mass is 32.1. The largest absolute Gasteiger partial charge is 0.352 e. The zero-order valence-electron chi connectivity index (χ0n) is 22.5. The van der Waals surface area contributed by atoms with Crippen LogP contribution in [0.2, 0.25) is 0 Å². The number of piperidine rings is 1. The van der Waals surface area contributed by atoms with Gasteiger partial charge in [-0.15, -0.1) is 11.3 Å². The second kappa shape index (κ2) is 13.0. The summed E-state index contributed by atoms with van der Waals surface area (Å²) in [7, 11) is 0. The molecule has 1 aliphatic carbocycles. The number of carbonyl (C=O) groups is 2. The van der Waals surface area contributed by atoms with E-state index in [9.17, 15) is 18.4 Å². The van der Waals surface area contributed by atoms with Crippen LogP contribution in [0.4, 0.5) is 8.78 Å². The molecule has 1 aromatic heterocycles. The second-order valence-corrected chi connectivity index (χ2v) is 12.0. The van der Waals surface area contributed by atoms with Crippen molar-refractivity contribution in [2.75, 3.05) is 6.54 Å². The quantitative estimate of drug-likeness (QED) is 0.398. The average molecular weight is 567 g/mol. The van der Waals surface area contributed by atoms with Gasteiger partial charge in [0.25, 0.3) is 5.91 Å². The molecule has 2 atom stereocenters. The average Bonchev–Trinajstić information content (AvgIpc) is 3.48. The van der Waals surface area contributed by atoms with Gasteiger partial charge in [-0.25, -0.2) is 8.78 Å². The third-order valence-corrected chi connectivity index (χ3v) is 8.96. The van der Waals surface area contributed by atoms with E-state index in [4.69, 9.17) is 5.73 Å². The molecule has 1 unspecified atom stereocenters. The fourth-order valence-electron chi connectivity index (χ4n) is 5.83. The smallest absolute Gasteiger partial charge is 0.254 e. The van der Waals surface area contributed by atoms with Gasteiger partial charge in [0.15, 0.2) is 0 Å². The summed E-state index contributed by atoms with van der Waals surface area (Å²) in [5.74, 6) is -1.11. The van der Waals surface area contributed by atoms with Crippen molar-refractivity contribution in [2.24, 2.45) is 5.73 Å². The molecule has 2 aliphatic rings. The number of nitrogens with zero attached hydrogens (tertiary/aromatic N) is 2. The molecular weight excluding hydrogens is 530 g/mol. The van der Waals surface area contributed by atoms with E-state index < -0.39 is 11.9 Å². The van der Waals surface area contributed by atoms with Crippen LogP contribution in [0.15, 0.2) is 66.0 Å². The third-order valence-electron chi connectivity index (χ3n) is 8.10. The van der Waals surface area contributed by atoms with E-state index in [1.54, 1.807) is 28.4 Å². The molecular formula is C31H36F2N4O2S. The van der Waals surface area contributed by atoms with Gasteiger partial charge in [-0.05, 0) is 91.9 Å². The molecule has 40 heavy (non-hydrogen) atoms. The molecule has 0 bridgehead atoms. The van der Waals surface area contributed by atoms with Crippen molar-refractivity contribution >= 4 is 23.2 Å². The van der Waals surface area contributed by atoms with Crippen LogP contribution < -0.4 is 11.1 Å². The van der Waals surface area contributed by atoms with E-state index in [0.29, 0.717) is 38.0 Å². The Morgan fingerprint density at radius 2 is 1.60 bits per heavy atom. The van der Waals surface area contributed by atoms with E-state index in [0.717, 1.165) is 31.2 Å². The number of nitrogens with one attached hydrogen (secondary N) is 1. The lowest BCUT2D eigenvalue weighted by Crippen LogP contribution is -2.58. The van der Waals surface area contributed by atoms with Gasteiger partial charge in [-0.3, -0.25) is 14.5 Å². The van der Waals surface area contributed by atoms with Crippen LogP contribution in [-0.2, 0) is 17.9 Å². The summed E-state index contributed by atoms with van der Waals surface area (Å²) >= 11 is 1.68. The Kier molecular flexibility index (Phi) is 9.24. The van der Waals surface area contributed by atoms with Gasteiger partial charge in [0.2, 0.25) is 5.91 Å². The Morgan fingerprint density at radius 3 is 2.25 bits per heavy atom. The molecule has 1 aliphatic heterocycles. The zero-order chi connectivity index (χ0) is 28.1. The van der Waals surface area contributed by atoms with E-state index in [-0.39, 0.29) is 35.8 Å². The minimum absolute atomic E-state index is 0.0277. The van der Waals surface area contributed by atoms with Crippen LogP contribution in [0, 0.1) is 11.6 Å². The van der Waals surface area contributed by atoms with Gasteiger partial charge in [0, 0.05) is 48.2 Å². The lowest BCUT2D eigenvalue weighted by Gasteiger charge is -2.43. The lowest BCUT2D eigenvalue weighted by molar-refractivity contribution is -0.128. The molecule has 2 amide bonds. The molecule has 2 fully saturated rings. The summed E-state index contributed by atoms with van der Waals surface area (Å²) in [6, 6.07) is 15.7. The number of rotatable bonds is 8. The van der Waals surface area contributed by atoms with Crippen LogP contribution in [0.3, 0.4) is 0 Å². The summed E-state index contributed by atoms with van der Waals surface area (Å²) in [6.07, 6.45) is 4.53. The van der Waals surface area contributed by atoms with Crippen molar-refractivity contribution in [3.05, 3.63) is 93.7 Å². The number of thiophene rings is 1. The number of halogens is 2. The first-order valence-electron chi connectivity index (χ1n) is 14.0. The van der Waals surface area contributed by atoms with E-state index in [1.165, 1.54) is 41.3 Å². The van der Waals surface area contributed by atoms with Crippen LogP contribution in [0.25, 0.3) is 0 Å². The molecule has 0 radical (unpaired) electrons. The molecule has 1 saturated heterocycles. The van der Waals surface area contributed by atoms with Crippen molar-refractivity contribution in [2.45, 2.75) is 75.8 Å². The molecule has 212 valence electrons. The summed E-state index contributed by atoms with van der Waals surface area (Å²) in [5.41, 5.74) is 7.42. The minimum Gasteiger partial charge on any atom is -0.352 e. The van der Waals surface area contributed by atoms with Gasteiger partial charge < -0.3 is 16.0 Å². The van der Waals surface area contributed by atoms with Gasteiger partial charge >= 0.3 is 0 Å². The number of likely N-dealkylation sites (tertiary alicyclic amines) is 1. The van der Waals surface area contributed by atoms with E-state index in [2.05, 4.69) is 16.3 Å². The molecule has 0 spiro atoms. The van der Waals surface area contributed by atoms with Crippen LogP contribution in [0.5, 0.6) is 0 Å². The molecule has 3 aromatic rings. The van der Waals surface area contributed by atoms with Crippen LogP contribution >= 0.6 is 11.3 Å². The topological polar surface area (TPSA) is 78.7 Å². The fourth-order valence-corrected chi connectivity index (χ4v) is 6.56. The highest BCUT2D eigenvalue weighted by molar-refractivity contribution is 7.09. The van der Waals surface area contributed by atoms with Gasteiger partial charge in [-0.1, -0.05) is 18.2 Å². The summed E-state index contributed by atoms with van der Waals surface area (Å²) in [4.78, 5) is 32.5. The molecule has 1 saturated carbocycles. The number of carbonyl (C=O) groups excluding carboxylic acids is 2. The molecule has 2 aromatic carbocycles. The number of hydrogen-bond donors (Lipinski definition) is 2. The first kappa shape index (κ1) is 28.4. The fraction of sp³-hybridized carbons (Fsp3) is 0.419. The third kappa shape index (κ3) is 7.13. The first-order chi connectivity index (χ1) is 19.4. The van der Waals surface area contributed by atoms with E-state index in [1.807, 2.05) is 11.4 Å².